The Hall–Kier alpha value is -3.00. The van der Waals surface area contributed by atoms with E-state index in [1.165, 1.54) is 18.4 Å². The number of amides is 1. The molecule has 6 rings (SSSR count). The van der Waals surface area contributed by atoms with Crippen molar-refractivity contribution in [2.45, 2.75) is 96.2 Å². The van der Waals surface area contributed by atoms with Crippen LogP contribution < -0.4 is 5.32 Å². The monoisotopic (exact) mass is 516 g/mol. The number of rotatable bonds is 6. The van der Waals surface area contributed by atoms with Crippen molar-refractivity contribution in [3.05, 3.63) is 47.0 Å². The Morgan fingerprint density at radius 3 is 2.42 bits per heavy atom. The van der Waals surface area contributed by atoms with E-state index in [4.69, 9.17) is 9.97 Å². The van der Waals surface area contributed by atoms with Gasteiger partial charge in [-0.05, 0) is 88.3 Å². The van der Waals surface area contributed by atoms with Crippen molar-refractivity contribution in [3.8, 4) is 0 Å². The van der Waals surface area contributed by atoms with E-state index in [9.17, 15) is 9.90 Å². The molecule has 0 spiro atoms. The predicted octanol–water partition coefficient (Wildman–Crippen LogP) is 5.15. The predicted molar refractivity (Wildman–Crippen MR) is 148 cm³/mol. The fourth-order valence-corrected chi connectivity index (χ4v) is 6.64. The van der Waals surface area contributed by atoms with E-state index in [2.05, 4.69) is 28.0 Å². The molecule has 0 aromatic carbocycles. The van der Waals surface area contributed by atoms with Crippen LogP contribution in [0.25, 0.3) is 11.0 Å². The van der Waals surface area contributed by atoms with Crippen molar-refractivity contribution in [2.75, 3.05) is 18.4 Å². The van der Waals surface area contributed by atoms with Gasteiger partial charge in [0.2, 0.25) is 5.95 Å². The van der Waals surface area contributed by atoms with Gasteiger partial charge in [0, 0.05) is 59.9 Å². The molecule has 3 aliphatic rings. The van der Waals surface area contributed by atoms with E-state index in [1.54, 1.807) is 0 Å². The van der Waals surface area contributed by atoms with Gasteiger partial charge in [0.25, 0.3) is 5.91 Å². The minimum atomic E-state index is -0.185. The molecule has 8 heteroatoms. The standard InChI is InChI=1S/C30H40N6O2/c1-4-20-15-27(20)33-30-31-16-25-26(17-36(28(25)34-30)23-5-7-24(37)8-6-23)21-9-11-35(12-10-21)29(38)22-13-18(2)32-19(3)14-22/h13-14,16-17,20-21,23-24,27,37H,4-12,15H2,1-3H3,(H,31,33,34)/t20?,23?,24?,27-/m1/s1. The van der Waals surface area contributed by atoms with E-state index in [0.717, 1.165) is 91.5 Å². The molecule has 4 heterocycles. The number of carbonyl (C=O) groups excluding carboxylic acids is 1. The van der Waals surface area contributed by atoms with Gasteiger partial charge in [0.15, 0.2) is 0 Å². The first-order valence-corrected chi connectivity index (χ1v) is 14.5. The molecule has 0 radical (unpaired) electrons. The van der Waals surface area contributed by atoms with Gasteiger partial charge in [-0.15, -0.1) is 0 Å². The second-order valence-electron chi connectivity index (χ2n) is 11.7. The van der Waals surface area contributed by atoms with Crippen LogP contribution in [0.5, 0.6) is 0 Å². The number of aryl methyl sites for hydroxylation is 2. The highest BCUT2D eigenvalue weighted by Gasteiger charge is 2.36. The summed E-state index contributed by atoms with van der Waals surface area (Å²) in [5, 5.41) is 14.8. The molecule has 2 atom stereocenters. The summed E-state index contributed by atoms with van der Waals surface area (Å²) in [5.74, 6) is 1.92. The number of carbonyl (C=O) groups is 1. The molecule has 1 aliphatic heterocycles. The zero-order chi connectivity index (χ0) is 26.4. The van der Waals surface area contributed by atoms with Crippen LogP contribution in [0, 0.1) is 19.8 Å². The minimum Gasteiger partial charge on any atom is -0.393 e. The van der Waals surface area contributed by atoms with Crippen LogP contribution in [0.2, 0.25) is 0 Å². The third-order valence-corrected chi connectivity index (χ3v) is 8.97. The Kier molecular flexibility index (Phi) is 6.84. The lowest BCUT2D eigenvalue weighted by atomic mass is 9.89. The average molecular weight is 517 g/mol. The highest BCUT2D eigenvalue weighted by Crippen LogP contribution is 2.39. The van der Waals surface area contributed by atoms with Crippen LogP contribution in [0.3, 0.4) is 0 Å². The van der Waals surface area contributed by atoms with Gasteiger partial charge in [0.05, 0.1) is 6.10 Å². The third-order valence-electron chi connectivity index (χ3n) is 8.97. The van der Waals surface area contributed by atoms with Crippen molar-refractivity contribution in [1.82, 2.24) is 24.4 Å². The molecule has 1 unspecified atom stereocenters. The van der Waals surface area contributed by atoms with Crippen LogP contribution in [-0.4, -0.2) is 60.7 Å². The first-order valence-electron chi connectivity index (χ1n) is 14.5. The molecule has 1 amide bonds. The molecule has 8 nitrogen and oxygen atoms in total. The van der Waals surface area contributed by atoms with E-state index in [-0.39, 0.29) is 12.0 Å². The van der Waals surface area contributed by atoms with Crippen LogP contribution in [0.4, 0.5) is 5.95 Å². The SMILES string of the molecule is CCC1C[C@H]1Nc1ncc2c(C3CCN(C(=O)c4cc(C)nc(C)c4)CC3)cn(C3CCC(O)CC3)c2n1. The summed E-state index contributed by atoms with van der Waals surface area (Å²) in [6.45, 7) is 7.60. The van der Waals surface area contributed by atoms with Gasteiger partial charge in [-0.2, -0.15) is 4.98 Å². The lowest BCUT2D eigenvalue weighted by Crippen LogP contribution is -2.38. The molecule has 202 valence electrons. The number of piperidine rings is 1. The lowest BCUT2D eigenvalue weighted by molar-refractivity contribution is 0.0712. The van der Waals surface area contributed by atoms with Crippen molar-refractivity contribution in [1.29, 1.82) is 0 Å². The first-order chi connectivity index (χ1) is 18.4. The Morgan fingerprint density at radius 2 is 1.76 bits per heavy atom. The smallest absolute Gasteiger partial charge is 0.253 e. The zero-order valence-electron chi connectivity index (χ0n) is 22.9. The first kappa shape index (κ1) is 25.3. The summed E-state index contributed by atoms with van der Waals surface area (Å²) in [5.41, 5.74) is 4.81. The molecule has 38 heavy (non-hydrogen) atoms. The molecule has 1 saturated heterocycles. The Morgan fingerprint density at radius 1 is 1.05 bits per heavy atom. The van der Waals surface area contributed by atoms with E-state index >= 15 is 0 Å². The van der Waals surface area contributed by atoms with E-state index in [1.807, 2.05) is 37.1 Å². The van der Waals surface area contributed by atoms with Gasteiger partial charge in [-0.1, -0.05) is 13.3 Å². The average Bonchev–Trinajstić information content (AvgIpc) is 3.57. The number of aromatic nitrogens is 4. The number of nitrogens with one attached hydrogen (secondary N) is 1. The molecular weight excluding hydrogens is 476 g/mol. The maximum absolute atomic E-state index is 13.2. The van der Waals surface area contributed by atoms with Gasteiger partial charge in [-0.3, -0.25) is 9.78 Å². The van der Waals surface area contributed by atoms with Crippen LogP contribution >= 0.6 is 0 Å². The molecule has 2 N–H and O–H groups in total. The number of fused-ring (bicyclic) bond motifs is 1. The zero-order valence-corrected chi connectivity index (χ0v) is 22.9. The number of hydrogen-bond donors (Lipinski definition) is 2. The maximum Gasteiger partial charge on any atom is 0.253 e. The number of pyridine rings is 1. The third kappa shape index (κ3) is 5.03. The quantitative estimate of drug-likeness (QED) is 0.470. The van der Waals surface area contributed by atoms with Crippen LogP contribution in [-0.2, 0) is 0 Å². The Bertz CT molecular complexity index is 1300. The molecule has 3 aromatic heterocycles. The summed E-state index contributed by atoms with van der Waals surface area (Å²) in [4.78, 5) is 29.4. The minimum absolute atomic E-state index is 0.102. The normalized spacial score (nSPS) is 26.1. The molecule has 3 fully saturated rings. The van der Waals surface area contributed by atoms with Gasteiger partial charge in [0.1, 0.15) is 5.65 Å². The molecule has 3 aromatic rings. The van der Waals surface area contributed by atoms with Crippen molar-refractivity contribution < 1.29 is 9.90 Å². The van der Waals surface area contributed by atoms with Crippen molar-refractivity contribution in [3.63, 3.8) is 0 Å². The highest BCUT2D eigenvalue weighted by atomic mass is 16.3. The molecule has 2 saturated carbocycles. The number of aliphatic hydroxyl groups is 1. The van der Waals surface area contributed by atoms with Gasteiger partial charge < -0.3 is 19.9 Å². The summed E-state index contributed by atoms with van der Waals surface area (Å²) in [6, 6.07) is 4.62. The number of aliphatic hydroxyl groups excluding tert-OH is 1. The number of hydrogen-bond acceptors (Lipinski definition) is 6. The lowest BCUT2D eigenvalue weighted by Gasteiger charge is -2.32. The Labute approximate surface area is 224 Å². The number of nitrogens with zero attached hydrogens (tertiary/aromatic N) is 5. The largest absolute Gasteiger partial charge is 0.393 e. The molecular formula is C30H40N6O2. The molecule has 0 bridgehead atoms. The maximum atomic E-state index is 13.2. The van der Waals surface area contributed by atoms with Gasteiger partial charge >= 0.3 is 0 Å². The summed E-state index contributed by atoms with van der Waals surface area (Å²) < 4.78 is 2.37. The fraction of sp³-hybridized carbons (Fsp3) is 0.600. The summed E-state index contributed by atoms with van der Waals surface area (Å²) in [6.07, 6.45) is 12.0. The molecule has 2 aliphatic carbocycles. The fourth-order valence-electron chi connectivity index (χ4n) is 6.64. The number of likely N-dealkylation sites (tertiary alicyclic amines) is 1. The summed E-state index contributed by atoms with van der Waals surface area (Å²) >= 11 is 0. The second-order valence-corrected chi connectivity index (χ2v) is 11.7. The van der Waals surface area contributed by atoms with Gasteiger partial charge in [-0.25, -0.2) is 4.98 Å². The topological polar surface area (TPSA) is 96.2 Å². The highest BCUT2D eigenvalue weighted by molar-refractivity contribution is 5.94. The van der Waals surface area contributed by atoms with Crippen molar-refractivity contribution in [2.24, 2.45) is 5.92 Å². The summed E-state index contributed by atoms with van der Waals surface area (Å²) in [7, 11) is 0. The number of anilines is 1. The second kappa shape index (κ2) is 10.3. The van der Waals surface area contributed by atoms with Crippen LogP contribution in [0.15, 0.2) is 24.5 Å². The van der Waals surface area contributed by atoms with Crippen molar-refractivity contribution >= 4 is 22.9 Å². The van der Waals surface area contributed by atoms with E-state index < -0.39 is 0 Å². The van der Waals surface area contributed by atoms with Crippen LogP contribution in [0.1, 0.15) is 97.6 Å². The van der Waals surface area contributed by atoms with E-state index in [0.29, 0.717) is 18.0 Å². The Balaban J connectivity index is 1.24.